The van der Waals surface area contributed by atoms with Crippen molar-refractivity contribution in [1.29, 1.82) is 0 Å². The van der Waals surface area contributed by atoms with Crippen LogP contribution in [0.2, 0.25) is 0 Å². The van der Waals surface area contributed by atoms with Gasteiger partial charge in [-0.15, -0.1) is 11.3 Å². The molecule has 0 spiro atoms. The van der Waals surface area contributed by atoms with Crippen LogP contribution >= 0.6 is 11.3 Å². The van der Waals surface area contributed by atoms with E-state index in [2.05, 4.69) is 5.32 Å². The average molecular weight is 283 g/mol. The topological polar surface area (TPSA) is 64.6 Å². The zero-order chi connectivity index (χ0) is 14.1. The third kappa shape index (κ3) is 3.13. The third-order valence-electron chi connectivity index (χ3n) is 2.58. The third-order valence-corrected chi connectivity index (χ3v) is 3.43. The molecule has 0 unspecified atom stereocenters. The van der Waals surface area contributed by atoms with E-state index < -0.39 is 11.6 Å². The molecule has 1 aliphatic rings. The van der Waals surface area contributed by atoms with E-state index in [0.717, 1.165) is 0 Å². The molecule has 104 valence electrons. The van der Waals surface area contributed by atoms with Crippen molar-refractivity contribution in [1.82, 2.24) is 5.32 Å². The number of esters is 1. The lowest BCUT2D eigenvalue weighted by Gasteiger charge is -2.40. The number of nitrogens with one attached hydrogen (secondary N) is 1. The van der Waals surface area contributed by atoms with Gasteiger partial charge in [0.2, 0.25) is 5.60 Å². The number of amides is 1. The van der Waals surface area contributed by atoms with Crippen molar-refractivity contribution in [2.75, 3.05) is 13.2 Å². The quantitative estimate of drug-likeness (QED) is 0.856. The zero-order valence-electron chi connectivity index (χ0n) is 11.2. The first-order chi connectivity index (χ1) is 8.82. The van der Waals surface area contributed by atoms with E-state index in [4.69, 9.17) is 9.47 Å². The lowest BCUT2D eigenvalue weighted by Crippen LogP contribution is -2.65. The molecule has 1 N–H and O–H groups in total. The van der Waals surface area contributed by atoms with Crippen LogP contribution in [0.1, 0.15) is 30.4 Å². The summed E-state index contributed by atoms with van der Waals surface area (Å²) in [6, 6.07) is 3.43. The Hall–Kier alpha value is -1.40. The highest BCUT2D eigenvalue weighted by atomic mass is 32.1. The molecule has 0 radical (unpaired) electrons. The number of thiophene rings is 1. The van der Waals surface area contributed by atoms with Crippen LogP contribution in [0.25, 0.3) is 0 Å². The normalized spacial score (nSPS) is 17.4. The van der Waals surface area contributed by atoms with E-state index in [1.165, 1.54) is 11.3 Å². The van der Waals surface area contributed by atoms with Gasteiger partial charge in [0, 0.05) is 5.54 Å². The molecule has 0 bridgehead atoms. The fraction of sp³-hybridized carbons (Fsp3) is 0.538. The molecule has 0 atom stereocenters. The summed E-state index contributed by atoms with van der Waals surface area (Å²) >= 11 is 1.28. The van der Waals surface area contributed by atoms with Crippen molar-refractivity contribution < 1.29 is 19.1 Å². The highest BCUT2D eigenvalue weighted by molar-refractivity contribution is 7.11. The maximum absolute atomic E-state index is 12.2. The van der Waals surface area contributed by atoms with Gasteiger partial charge in [-0.25, -0.2) is 4.79 Å². The summed E-state index contributed by atoms with van der Waals surface area (Å²) in [7, 11) is 0. The van der Waals surface area contributed by atoms with Gasteiger partial charge >= 0.3 is 5.97 Å². The monoisotopic (exact) mass is 283 g/mol. The molecule has 5 nitrogen and oxygen atoms in total. The van der Waals surface area contributed by atoms with Gasteiger partial charge in [0.25, 0.3) is 5.91 Å². The molecular weight excluding hydrogens is 266 g/mol. The Labute approximate surface area is 115 Å². The second-order valence-corrected chi connectivity index (χ2v) is 6.51. The second-order valence-electron chi connectivity index (χ2n) is 5.56. The molecule has 6 heteroatoms. The molecule has 1 aromatic heterocycles. The van der Waals surface area contributed by atoms with Crippen molar-refractivity contribution in [2.24, 2.45) is 0 Å². The van der Waals surface area contributed by atoms with Crippen LogP contribution in [0.15, 0.2) is 17.5 Å². The van der Waals surface area contributed by atoms with E-state index in [0.29, 0.717) is 4.88 Å². The summed E-state index contributed by atoms with van der Waals surface area (Å²) < 4.78 is 10.4. The van der Waals surface area contributed by atoms with Crippen LogP contribution in [0.5, 0.6) is 0 Å². The van der Waals surface area contributed by atoms with E-state index in [-0.39, 0.29) is 24.7 Å². The van der Waals surface area contributed by atoms with Crippen LogP contribution < -0.4 is 5.32 Å². The lowest BCUT2D eigenvalue weighted by atomic mass is 9.98. The van der Waals surface area contributed by atoms with Gasteiger partial charge in [0.15, 0.2) is 0 Å². The molecule has 2 rings (SSSR count). The molecule has 1 aromatic rings. The van der Waals surface area contributed by atoms with Crippen LogP contribution in [0, 0.1) is 0 Å². The number of carbonyl (C=O) groups is 2. The van der Waals surface area contributed by atoms with Crippen molar-refractivity contribution in [2.45, 2.75) is 31.9 Å². The highest BCUT2D eigenvalue weighted by Crippen LogP contribution is 2.25. The van der Waals surface area contributed by atoms with Gasteiger partial charge in [-0.05, 0) is 32.2 Å². The number of hydrogen-bond donors (Lipinski definition) is 1. The molecule has 1 amide bonds. The Morgan fingerprint density at radius 3 is 2.53 bits per heavy atom. The standard InChI is InChI=1S/C13H17NO4S/c1-12(2,3)14-11(16)13(7-17-8-13)18-10(15)9-5-4-6-19-9/h4-6H,7-8H2,1-3H3,(H,14,16). The smallest absolute Gasteiger partial charge is 0.349 e. The van der Waals surface area contributed by atoms with Crippen LogP contribution in [-0.4, -0.2) is 36.2 Å². The van der Waals surface area contributed by atoms with E-state index in [1.54, 1.807) is 17.5 Å². The van der Waals surface area contributed by atoms with Crippen LogP contribution in [-0.2, 0) is 14.3 Å². The molecule has 19 heavy (non-hydrogen) atoms. The summed E-state index contributed by atoms with van der Waals surface area (Å²) in [4.78, 5) is 24.6. The molecule has 1 saturated heterocycles. The zero-order valence-corrected chi connectivity index (χ0v) is 12.0. The molecule has 2 heterocycles. The summed E-state index contributed by atoms with van der Waals surface area (Å²) in [5, 5.41) is 4.61. The molecule has 0 aliphatic carbocycles. The van der Waals surface area contributed by atoms with Gasteiger partial charge in [0.05, 0.1) is 13.2 Å². The maximum Gasteiger partial charge on any atom is 0.349 e. The number of rotatable bonds is 3. The summed E-state index contributed by atoms with van der Waals surface area (Å²) in [5.74, 6) is -0.793. The number of ether oxygens (including phenoxy) is 2. The molecule has 0 saturated carbocycles. The first-order valence-corrected chi connectivity index (χ1v) is 6.88. The summed E-state index contributed by atoms with van der Waals surface area (Å²) in [6.45, 7) is 5.83. The minimum absolute atomic E-state index is 0.103. The average Bonchev–Trinajstić information content (AvgIpc) is 2.73. The summed E-state index contributed by atoms with van der Waals surface area (Å²) in [6.07, 6.45) is 0. The van der Waals surface area contributed by atoms with Crippen molar-refractivity contribution >= 4 is 23.2 Å². The Bertz CT molecular complexity index is 471. The molecule has 0 aromatic carbocycles. The first-order valence-electron chi connectivity index (χ1n) is 6.00. The largest absolute Gasteiger partial charge is 0.440 e. The number of carbonyl (C=O) groups excluding carboxylic acids is 2. The Kier molecular flexibility index (Phi) is 3.64. The van der Waals surface area contributed by atoms with Crippen molar-refractivity contribution in [3.63, 3.8) is 0 Å². The Balaban J connectivity index is 2.07. The first kappa shape index (κ1) is 14.0. The maximum atomic E-state index is 12.2. The van der Waals surface area contributed by atoms with Crippen molar-refractivity contribution in [3.05, 3.63) is 22.4 Å². The molecule has 1 fully saturated rings. The van der Waals surface area contributed by atoms with Crippen LogP contribution in [0.3, 0.4) is 0 Å². The van der Waals surface area contributed by atoms with Gasteiger partial charge in [0.1, 0.15) is 4.88 Å². The fourth-order valence-corrected chi connectivity index (χ4v) is 2.20. The minimum atomic E-state index is -1.19. The second kappa shape index (κ2) is 4.94. The van der Waals surface area contributed by atoms with Gasteiger partial charge < -0.3 is 14.8 Å². The van der Waals surface area contributed by atoms with Gasteiger partial charge in [-0.2, -0.15) is 0 Å². The SMILES string of the molecule is CC(C)(C)NC(=O)C1(OC(=O)c2cccs2)COC1. The van der Waals surface area contributed by atoms with Gasteiger partial charge in [-0.3, -0.25) is 4.79 Å². The molecule has 1 aliphatic heterocycles. The fourth-order valence-electron chi connectivity index (χ4n) is 1.60. The van der Waals surface area contributed by atoms with Crippen LogP contribution in [0.4, 0.5) is 0 Å². The lowest BCUT2D eigenvalue weighted by molar-refractivity contribution is -0.193. The van der Waals surface area contributed by atoms with E-state index in [9.17, 15) is 9.59 Å². The summed E-state index contributed by atoms with van der Waals surface area (Å²) in [5.41, 5.74) is -1.57. The number of hydrogen-bond acceptors (Lipinski definition) is 5. The molecular formula is C13H17NO4S. The van der Waals surface area contributed by atoms with E-state index >= 15 is 0 Å². The van der Waals surface area contributed by atoms with E-state index in [1.807, 2.05) is 20.8 Å². The predicted molar refractivity (Wildman–Crippen MR) is 71.2 cm³/mol. The van der Waals surface area contributed by atoms with Crippen molar-refractivity contribution in [3.8, 4) is 0 Å². The Morgan fingerprint density at radius 1 is 1.42 bits per heavy atom. The Morgan fingerprint density at radius 2 is 2.11 bits per heavy atom. The predicted octanol–water partition coefficient (Wildman–Crippen LogP) is 1.59. The minimum Gasteiger partial charge on any atom is -0.440 e. The highest BCUT2D eigenvalue weighted by Gasteiger charge is 2.51. The van der Waals surface area contributed by atoms with Gasteiger partial charge in [-0.1, -0.05) is 6.07 Å².